The summed E-state index contributed by atoms with van der Waals surface area (Å²) in [7, 11) is 0.801. The quantitative estimate of drug-likeness (QED) is 0.716. The van der Waals surface area contributed by atoms with E-state index in [1.165, 1.54) is 0 Å². The maximum Gasteiger partial charge on any atom is 0.211 e. The van der Waals surface area contributed by atoms with Crippen LogP contribution in [0.2, 0.25) is 0 Å². The number of rotatable bonds is 10. The van der Waals surface area contributed by atoms with Gasteiger partial charge in [-0.15, -0.1) is 0 Å². The second kappa shape index (κ2) is 9.02. The summed E-state index contributed by atoms with van der Waals surface area (Å²) in [6.07, 6.45) is 1.55. The summed E-state index contributed by atoms with van der Waals surface area (Å²) < 4.78 is 31.7. The Morgan fingerprint density at radius 1 is 1.29 bits per heavy atom. The zero-order valence-electron chi connectivity index (χ0n) is 13.1. The van der Waals surface area contributed by atoms with Crippen LogP contribution in [0.25, 0.3) is 0 Å². The van der Waals surface area contributed by atoms with Crippen molar-refractivity contribution in [3.63, 3.8) is 0 Å². The molecule has 0 aliphatic rings. The number of nitrogens with one attached hydrogen (secondary N) is 1. The van der Waals surface area contributed by atoms with Gasteiger partial charge >= 0.3 is 0 Å². The van der Waals surface area contributed by atoms with Crippen LogP contribution in [0.15, 0.2) is 24.3 Å². The third-order valence-electron chi connectivity index (χ3n) is 2.97. The SMILES string of the molecule is CCCCS(=O)(=O)NCc1cccc(OCCN(C)C)c1. The molecule has 1 aromatic rings. The molecule has 1 N–H and O–H groups in total. The molecule has 0 saturated heterocycles. The molecule has 120 valence electrons. The second-order valence-corrected chi connectivity index (χ2v) is 7.22. The number of unbranched alkanes of at least 4 members (excludes halogenated alkanes) is 1. The van der Waals surface area contributed by atoms with E-state index in [2.05, 4.69) is 4.72 Å². The Morgan fingerprint density at radius 2 is 2.05 bits per heavy atom. The number of nitrogens with zero attached hydrogens (tertiary/aromatic N) is 1. The molecule has 5 nitrogen and oxygen atoms in total. The number of hydrogen-bond acceptors (Lipinski definition) is 4. The fourth-order valence-corrected chi connectivity index (χ4v) is 2.89. The van der Waals surface area contributed by atoms with Crippen molar-refractivity contribution in [2.75, 3.05) is 33.0 Å². The molecule has 21 heavy (non-hydrogen) atoms. The summed E-state index contributed by atoms with van der Waals surface area (Å²) in [4.78, 5) is 2.05. The summed E-state index contributed by atoms with van der Waals surface area (Å²) in [6, 6.07) is 7.52. The monoisotopic (exact) mass is 314 g/mol. The van der Waals surface area contributed by atoms with Gasteiger partial charge in [-0.2, -0.15) is 0 Å². The Labute approximate surface area is 128 Å². The Balaban J connectivity index is 2.49. The minimum Gasteiger partial charge on any atom is -0.492 e. The fourth-order valence-electron chi connectivity index (χ4n) is 1.69. The van der Waals surface area contributed by atoms with Crippen LogP contribution in [0, 0.1) is 0 Å². The first-order valence-corrected chi connectivity index (χ1v) is 8.92. The summed E-state index contributed by atoms with van der Waals surface area (Å²) in [5.74, 6) is 0.949. The van der Waals surface area contributed by atoms with Gasteiger partial charge < -0.3 is 9.64 Å². The third-order valence-corrected chi connectivity index (χ3v) is 4.38. The zero-order valence-corrected chi connectivity index (χ0v) is 13.9. The molecule has 0 saturated carbocycles. The topological polar surface area (TPSA) is 58.6 Å². The van der Waals surface area contributed by atoms with Crippen molar-refractivity contribution in [2.24, 2.45) is 0 Å². The molecular formula is C15H26N2O3S. The molecule has 0 amide bonds. The molecule has 0 spiro atoms. The molecule has 0 aromatic heterocycles. The molecule has 0 aliphatic heterocycles. The van der Waals surface area contributed by atoms with E-state index in [0.29, 0.717) is 19.6 Å². The molecule has 1 rings (SSSR count). The maximum absolute atomic E-state index is 11.7. The predicted octanol–water partition coefficient (Wildman–Crippen LogP) is 1.85. The van der Waals surface area contributed by atoms with Gasteiger partial charge in [-0.3, -0.25) is 0 Å². The third kappa shape index (κ3) is 8.04. The van der Waals surface area contributed by atoms with Gasteiger partial charge in [-0.25, -0.2) is 13.1 Å². The van der Waals surface area contributed by atoms with Crippen molar-refractivity contribution < 1.29 is 13.2 Å². The van der Waals surface area contributed by atoms with Gasteiger partial charge in [0.15, 0.2) is 0 Å². The van der Waals surface area contributed by atoms with Crippen LogP contribution in [0.1, 0.15) is 25.3 Å². The minimum absolute atomic E-state index is 0.183. The van der Waals surface area contributed by atoms with E-state index < -0.39 is 10.0 Å². The van der Waals surface area contributed by atoms with Crippen LogP contribution in [0.3, 0.4) is 0 Å². The lowest BCUT2D eigenvalue weighted by Crippen LogP contribution is -2.25. The van der Waals surface area contributed by atoms with E-state index in [9.17, 15) is 8.42 Å². The molecule has 0 unspecified atom stereocenters. The summed E-state index contributed by atoms with van der Waals surface area (Å²) in [6.45, 7) is 3.73. The number of sulfonamides is 1. The smallest absolute Gasteiger partial charge is 0.211 e. The van der Waals surface area contributed by atoms with Crippen molar-refractivity contribution in [1.29, 1.82) is 0 Å². The summed E-state index contributed by atoms with van der Waals surface area (Å²) in [5.41, 5.74) is 0.900. The Kier molecular flexibility index (Phi) is 7.71. The first-order valence-electron chi connectivity index (χ1n) is 7.27. The van der Waals surface area contributed by atoms with Gasteiger partial charge in [0.1, 0.15) is 12.4 Å². The standard InChI is InChI=1S/C15H26N2O3S/c1-4-5-11-21(18,19)16-13-14-7-6-8-15(12-14)20-10-9-17(2)3/h6-8,12,16H,4-5,9-11,13H2,1-3H3. The largest absolute Gasteiger partial charge is 0.492 e. The van der Waals surface area contributed by atoms with Gasteiger partial charge in [0.2, 0.25) is 10.0 Å². The van der Waals surface area contributed by atoms with Crippen LogP contribution in [-0.4, -0.2) is 46.3 Å². The molecule has 0 aliphatic carbocycles. The van der Waals surface area contributed by atoms with E-state index in [0.717, 1.165) is 24.3 Å². The summed E-state index contributed by atoms with van der Waals surface area (Å²) >= 11 is 0. The first-order chi connectivity index (χ1) is 9.93. The molecule has 0 heterocycles. The highest BCUT2D eigenvalue weighted by molar-refractivity contribution is 7.89. The van der Waals surface area contributed by atoms with Gasteiger partial charge in [0.25, 0.3) is 0 Å². The molecule has 0 fully saturated rings. The minimum atomic E-state index is -3.18. The second-order valence-electron chi connectivity index (χ2n) is 5.29. The lowest BCUT2D eigenvalue weighted by atomic mass is 10.2. The van der Waals surface area contributed by atoms with Crippen LogP contribution < -0.4 is 9.46 Å². The lowest BCUT2D eigenvalue weighted by Gasteiger charge is -2.12. The van der Waals surface area contributed by atoms with Crippen LogP contribution >= 0.6 is 0 Å². The number of likely N-dealkylation sites (N-methyl/N-ethyl adjacent to an activating group) is 1. The van der Waals surface area contributed by atoms with Gasteiger partial charge in [-0.05, 0) is 38.2 Å². The highest BCUT2D eigenvalue weighted by Crippen LogP contribution is 2.13. The van der Waals surface area contributed by atoms with Gasteiger partial charge in [-0.1, -0.05) is 25.5 Å². The molecular weight excluding hydrogens is 288 g/mol. The normalized spacial score (nSPS) is 11.8. The molecule has 1 aromatic carbocycles. The predicted molar refractivity (Wildman–Crippen MR) is 86.0 cm³/mol. The lowest BCUT2D eigenvalue weighted by molar-refractivity contribution is 0.261. The average Bonchev–Trinajstić information content (AvgIpc) is 2.43. The highest BCUT2D eigenvalue weighted by atomic mass is 32.2. The van der Waals surface area contributed by atoms with Gasteiger partial charge in [0, 0.05) is 13.1 Å². The Bertz CT molecular complexity index is 515. The van der Waals surface area contributed by atoms with Crippen LogP contribution in [-0.2, 0) is 16.6 Å². The van der Waals surface area contributed by atoms with Crippen LogP contribution in [0.4, 0.5) is 0 Å². The zero-order chi connectivity index (χ0) is 15.7. The van der Waals surface area contributed by atoms with E-state index in [-0.39, 0.29) is 5.75 Å². The molecule has 0 radical (unpaired) electrons. The van der Waals surface area contributed by atoms with Gasteiger partial charge in [0.05, 0.1) is 5.75 Å². The number of benzene rings is 1. The highest BCUT2D eigenvalue weighted by Gasteiger charge is 2.09. The van der Waals surface area contributed by atoms with E-state index in [1.807, 2.05) is 50.2 Å². The fraction of sp³-hybridized carbons (Fsp3) is 0.600. The average molecular weight is 314 g/mol. The van der Waals surface area contributed by atoms with E-state index in [4.69, 9.17) is 4.74 Å². The van der Waals surface area contributed by atoms with E-state index >= 15 is 0 Å². The van der Waals surface area contributed by atoms with Crippen molar-refractivity contribution in [1.82, 2.24) is 9.62 Å². The van der Waals surface area contributed by atoms with Crippen molar-refractivity contribution >= 4 is 10.0 Å². The molecule has 6 heteroatoms. The first kappa shape index (κ1) is 17.9. The molecule has 0 atom stereocenters. The Hall–Kier alpha value is -1.11. The molecule has 0 bridgehead atoms. The van der Waals surface area contributed by atoms with Crippen LogP contribution in [0.5, 0.6) is 5.75 Å². The number of ether oxygens (including phenoxy) is 1. The van der Waals surface area contributed by atoms with Crippen molar-refractivity contribution in [3.8, 4) is 5.75 Å². The number of hydrogen-bond donors (Lipinski definition) is 1. The summed E-state index contributed by atoms with van der Waals surface area (Å²) in [5, 5.41) is 0. The van der Waals surface area contributed by atoms with E-state index in [1.54, 1.807) is 0 Å². The van der Waals surface area contributed by atoms with Crippen molar-refractivity contribution in [3.05, 3.63) is 29.8 Å². The van der Waals surface area contributed by atoms with Crippen molar-refractivity contribution in [2.45, 2.75) is 26.3 Å². The maximum atomic E-state index is 11.7. The Morgan fingerprint density at radius 3 is 2.71 bits per heavy atom.